The predicted molar refractivity (Wildman–Crippen MR) is 115 cm³/mol. The van der Waals surface area contributed by atoms with E-state index in [1.165, 1.54) is 17.9 Å². The number of nitrogens with zero attached hydrogens (tertiary/aromatic N) is 1. The van der Waals surface area contributed by atoms with Crippen LogP contribution >= 0.6 is 0 Å². The Kier molecular flexibility index (Phi) is 5.38. The first-order valence-corrected chi connectivity index (χ1v) is 9.64. The number of ether oxygens (including phenoxy) is 1. The van der Waals surface area contributed by atoms with E-state index in [0.717, 1.165) is 23.3 Å². The quantitative estimate of drug-likeness (QED) is 0.434. The van der Waals surface area contributed by atoms with Crippen molar-refractivity contribution in [3.63, 3.8) is 0 Å². The molecule has 0 aliphatic carbocycles. The number of rotatable bonds is 5. The van der Waals surface area contributed by atoms with Gasteiger partial charge in [0.25, 0.3) is 0 Å². The molecule has 0 atom stereocenters. The van der Waals surface area contributed by atoms with Gasteiger partial charge in [0.05, 0.1) is 23.6 Å². The Morgan fingerprint density at radius 1 is 1.03 bits per heavy atom. The van der Waals surface area contributed by atoms with Gasteiger partial charge < -0.3 is 9.30 Å². The Balaban J connectivity index is 1.92. The number of methoxy groups -OCH3 is 1. The number of benzene rings is 3. The zero-order chi connectivity index (χ0) is 22.1. The number of pyridine rings is 1. The number of hydrogen-bond acceptors (Lipinski definition) is 3. The highest BCUT2D eigenvalue weighted by Crippen LogP contribution is 2.21. The van der Waals surface area contributed by atoms with Gasteiger partial charge in [-0.3, -0.25) is 9.59 Å². The smallest absolute Gasteiger partial charge is 0.200 e. The Hall–Kier alpha value is -3.80. The van der Waals surface area contributed by atoms with Gasteiger partial charge in [-0.2, -0.15) is 0 Å². The van der Waals surface area contributed by atoms with E-state index in [-0.39, 0.29) is 28.6 Å². The third-order valence-corrected chi connectivity index (χ3v) is 5.12. The lowest BCUT2D eigenvalue weighted by Gasteiger charge is -2.15. The standard InChI is InChI=1S/C25H19F2NO3/c1-15-4-3-5-16(10-15)13-28-14-21(24(29)17-6-8-19(31-2)9-7-17)25(30)20-11-18(26)12-22(27)23(20)28/h3-12,14H,13H2,1-2H3. The fourth-order valence-corrected chi connectivity index (χ4v) is 3.65. The van der Waals surface area contributed by atoms with Crippen LogP contribution in [0.15, 0.2) is 71.7 Å². The summed E-state index contributed by atoms with van der Waals surface area (Å²) in [7, 11) is 1.51. The molecule has 0 fully saturated rings. The fraction of sp³-hybridized carbons (Fsp3) is 0.120. The monoisotopic (exact) mass is 419 g/mol. The first kappa shape index (κ1) is 20.5. The second kappa shape index (κ2) is 8.14. The summed E-state index contributed by atoms with van der Waals surface area (Å²) in [5.74, 6) is -1.70. The van der Waals surface area contributed by atoms with Crippen molar-refractivity contribution in [2.45, 2.75) is 13.5 Å². The average Bonchev–Trinajstić information content (AvgIpc) is 2.75. The number of halogens is 2. The molecule has 6 heteroatoms. The highest BCUT2D eigenvalue weighted by molar-refractivity contribution is 6.10. The summed E-state index contributed by atoms with van der Waals surface area (Å²) < 4.78 is 35.2. The molecule has 0 radical (unpaired) electrons. The second-order valence-corrected chi connectivity index (χ2v) is 7.33. The molecule has 0 spiro atoms. The van der Waals surface area contributed by atoms with Crippen LogP contribution in [0.25, 0.3) is 10.9 Å². The van der Waals surface area contributed by atoms with E-state index in [1.54, 1.807) is 24.3 Å². The highest BCUT2D eigenvalue weighted by atomic mass is 19.1. The minimum atomic E-state index is -0.877. The van der Waals surface area contributed by atoms with Crippen molar-refractivity contribution in [3.8, 4) is 5.75 Å². The zero-order valence-electron chi connectivity index (χ0n) is 17.0. The first-order valence-electron chi connectivity index (χ1n) is 9.64. The van der Waals surface area contributed by atoms with Crippen LogP contribution in [0.4, 0.5) is 8.78 Å². The highest BCUT2D eigenvalue weighted by Gasteiger charge is 2.20. The topological polar surface area (TPSA) is 48.3 Å². The van der Waals surface area contributed by atoms with Crippen molar-refractivity contribution in [2.24, 2.45) is 0 Å². The van der Waals surface area contributed by atoms with Gasteiger partial charge in [0.1, 0.15) is 11.6 Å². The molecule has 1 heterocycles. The van der Waals surface area contributed by atoms with Crippen LogP contribution < -0.4 is 10.2 Å². The largest absolute Gasteiger partial charge is 0.497 e. The van der Waals surface area contributed by atoms with Crippen LogP contribution in [0, 0.1) is 18.6 Å². The molecule has 4 rings (SSSR count). The van der Waals surface area contributed by atoms with Crippen LogP contribution in [0.2, 0.25) is 0 Å². The van der Waals surface area contributed by atoms with Crippen LogP contribution in [0.3, 0.4) is 0 Å². The lowest BCUT2D eigenvalue weighted by Crippen LogP contribution is -2.21. The SMILES string of the molecule is COc1ccc(C(=O)c2cn(Cc3cccc(C)c3)c3c(F)cc(F)cc3c2=O)cc1. The molecular formula is C25H19F2NO3. The van der Waals surface area contributed by atoms with Gasteiger partial charge in [-0.25, -0.2) is 8.78 Å². The summed E-state index contributed by atoms with van der Waals surface area (Å²) in [6.45, 7) is 2.14. The van der Waals surface area contributed by atoms with Crippen molar-refractivity contribution in [1.82, 2.24) is 4.57 Å². The fourth-order valence-electron chi connectivity index (χ4n) is 3.65. The predicted octanol–water partition coefficient (Wildman–Crippen LogP) is 4.88. The van der Waals surface area contributed by atoms with Crippen molar-refractivity contribution < 1.29 is 18.3 Å². The molecular weight excluding hydrogens is 400 g/mol. The van der Waals surface area contributed by atoms with Gasteiger partial charge in [-0.1, -0.05) is 29.8 Å². The maximum absolute atomic E-state index is 14.7. The Morgan fingerprint density at radius 2 is 1.77 bits per heavy atom. The molecule has 31 heavy (non-hydrogen) atoms. The van der Waals surface area contributed by atoms with Gasteiger partial charge in [0.15, 0.2) is 11.6 Å². The Bertz CT molecular complexity index is 1360. The number of ketones is 1. The molecule has 4 nitrogen and oxygen atoms in total. The minimum Gasteiger partial charge on any atom is -0.497 e. The second-order valence-electron chi connectivity index (χ2n) is 7.33. The van der Waals surface area contributed by atoms with Crippen LogP contribution in [0.1, 0.15) is 27.0 Å². The van der Waals surface area contributed by atoms with E-state index >= 15 is 0 Å². The van der Waals surface area contributed by atoms with Gasteiger partial charge in [-0.15, -0.1) is 0 Å². The minimum absolute atomic E-state index is 0.0424. The number of carbonyl (C=O) groups excluding carboxylic acids is 1. The van der Waals surface area contributed by atoms with E-state index in [1.807, 2.05) is 31.2 Å². The zero-order valence-corrected chi connectivity index (χ0v) is 17.0. The van der Waals surface area contributed by atoms with Gasteiger partial charge in [-0.05, 0) is 42.8 Å². The molecule has 4 aromatic rings. The van der Waals surface area contributed by atoms with Gasteiger partial charge >= 0.3 is 0 Å². The maximum Gasteiger partial charge on any atom is 0.200 e. The van der Waals surface area contributed by atoms with Crippen molar-refractivity contribution in [1.29, 1.82) is 0 Å². The van der Waals surface area contributed by atoms with E-state index in [2.05, 4.69) is 0 Å². The number of fused-ring (bicyclic) bond motifs is 1. The van der Waals surface area contributed by atoms with Crippen molar-refractivity contribution in [3.05, 3.63) is 111 Å². The molecule has 0 saturated carbocycles. The molecule has 0 saturated heterocycles. The average molecular weight is 419 g/mol. The van der Waals surface area contributed by atoms with E-state index in [4.69, 9.17) is 4.74 Å². The molecule has 0 aliphatic rings. The van der Waals surface area contributed by atoms with Crippen molar-refractivity contribution >= 4 is 16.7 Å². The normalized spacial score (nSPS) is 11.0. The molecule has 0 amide bonds. The Morgan fingerprint density at radius 3 is 2.45 bits per heavy atom. The summed E-state index contributed by atoms with van der Waals surface area (Å²) in [4.78, 5) is 26.1. The molecule has 0 unspecified atom stereocenters. The molecule has 1 aromatic heterocycles. The summed E-state index contributed by atoms with van der Waals surface area (Å²) in [5.41, 5.74) is 1.24. The molecule has 0 aliphatic heterocycles. The summed E-state index contributed by atoms with van der Waals surface area (Å²) in [6.07, 6.45) is 1.35. The molecule has 0 bridgehead atoms. The summed E-state index contributed by atoms with van der Waals surface area (Å²) >= 11 is 0. The first-order chi connectivity index (χ1) is 14.9. The number of aromatic nitrogens is 1. The van der Waals surface area contributed by atoms with E-state index in [9.17, 15) is 18.4 Å². The summed E-state index contributed by atoms with van der Waals surface area (Å²) in [6, 6.07) is 15.6. The molecule has 156 valence electrons. The Labute approximate surface area is 177 Å². The van der Waals surface area contributed by atoms with Crippen LogP contribution in [-0.4, -0.2) is 17.5 Å². The molecule has 0 N–H and O–H groups in total. The third-order valence-electron chi connectivity index (χ3n) is 5.12. The van der Waals surface area contributed by atoms with E-state index < -0.39 is 22.8 Å². The number of aryl methyl sites for hydroxylation is 1. The van der Waals surface area contributed by atoms with E-state index in [0.29, 0.717) is 5.75 Å². The van der Waals surface area contributed by atoms with Gasteiger partial charge in [0.2, 0.25) is 5.43 Å². The lowest BCUT2D eigenvalue weighted by molar-refractivity contribution is 0.103. The molecule has 3 aromatic carbocycles. The van der Waals surface area contributed by atoms with Crippen LogP contribution in [0.5, 0.6) is 5.75 Å². The number of carbonyl (C=O) groups is 1. The lowest BCUT2D eigenvalue weighted by atomic mass is 10.0. The van der Waals surface area contributed by atoms with Gasteiger partial charge in [0, 0.05) is 24.4 Å². The third kappa shape index (κ3) is 3.97. The summed E-state index contributed by atoms with van der Waals surface area (Å²) in [5, 5.41) is -0.176. The van der Waals surface area contributed by atoms with Crippen LogP contribution in [-0.2, 0) is 6.54 Å². The van der Waals surface area contributed by atoms with Crippen molar-refractivity contribution in [2.75, 3.05) is 7.11 Å². The maximum atomic E-state index is 14.7. The number of hydrogen-bond donors (Lipinski definition) is 0.